The van der Waals surface area contributed by atoms with Crippen LogP contribution < -0.4 is 5.14 Å². The summed E-state index contributed by atoms with van der Waals surface area (Å²) in [5, 5.41) is 4.64. The Balaban J connectivity index is 3.41. The van der Waals surface area contributed by atoms with Gasteiger partial charge in [0.25, 0.3) is 0 Å². The largest absolute Gasteiger partial charge is 0.785 e. The van der Waals surface area contributed by atoms with Crippen molar-refractivity contribution in [2.75, 3.05) is 0 Å². The van der Waals surface area contributed by atoms with Crippen LogP contribution in [0.1, 0.15) is 5.56 Å². The summed E-state index contributed by atoms with van der Waals surface area (Å²) in [5.41, 5.74) is 0.363. The second kappa shape index (κ2) is 2.37. The van der Waals surface area contributed by atoms with E-state index in [0.29, 0.717) is 5.56 Å². The quantitative estimate of drug-likeness (QED) is 0.686. The lowest BCUT2D eigenvalue weighted by molar-refractivity contribution is 0.358. The molecule has 12 heavy (non-hydrogen) atoms. The Bertz CT molecular complexity index is 358. The Morgan fingerprint density at radius 3 is 2.17 bits per heavy atom. The maximum absolute atomic E-state index is 10.9. The molecule has 5 heteroatoms. The van der Waals surface area contributed by atoms with E-state index >= 15 is 0 Å². The number of rotatable bonds is 1. The number of sulfonamides is 3. The fraction of sp³-hybridized carbons (Fsp3) is 0.143. The Morgan fingerprint density at radius 2 is 1.83 bits per heavy atom. The van der Waals surface area contributed by atoms with Crippen LogP contribution in [0.4, 0.5) is 0 Å². The average molecular weight is 187 g/mol. The number of benzene rings is 1. The van der Waals surface area contributed by atoms with Crippen LogP contribution in [0.5, 0.6) is 0 Å². The lowest BCUT2D eigenvalue weighted by Gasteiger charge is -2.52. The summed E-state index contributed by atoms with van der Waals surface area (Å²) >= 11 is 0. The lowest BCUT2D eigenvalue weighted by atomic mass is 10.2. The van der Waals surface area contributed by atoms with Crippen LogP contribution in [0.25, 0.3) is 0 Å². The minimum atomic E-state index is -5.55. The van der Waals surface area contributed by atoms with Crippen molar-refractivity contribution in [3.8, 4) is 0 Å². The van der Waals surface area contributed by atoms with Gasteiger partial charge in [-0.15, -0.1) is 9.81 Å². The topological polar surface area (TPSA) is 89.2 Å². The highest BCUT2D eigenvalue weighted by molar-refractivity contribution is 8.08. The molecule has 0 aliphatic rings. The van der Waals surface area contributed by atoms with Crippen LogP contribution in [0.2, 0.25) is 0 Å². The normalized spacial score (nSPS) is 15.2. The van der Waals surface area contributed by atoms with Gasteiger partial charge in [0.1, 0.15) is 0 Å². The van der Waals surface area contributed by atoms with Gasteiger partial charge >= 0.3 is 0 Å². The molecule has 0 aliphatic carbocycles. The molecule has 1 aromatic rings. The van der Waals surface area contributed by atoms with Crippen LogP contribution in [0, 0.1) is 6.92 Å². The van der Waals surface area contributed by atoms with Crippen molar-refractivity contribution in [2.24, 2.45) is 5.14 Å². The molecule has 0 aromatic heterocycles. The van der Waals surface area contributed by atoms with Gasteiger partial charge in [-0.3, -0.25) is 9.35 Å². The maximum Gasteiger partial charge on any atom is 0.00773 e. The minimum Gasteiger partial charge on any atom is -0.785 e. The molecule has 0 saturated heterocycles. The first-order chi connectivity index (χ1) is 5.27. The molecule has 0 aliphatic heterocycles. The first-order valence-electron chi connectivity index (χ1n) is 3.27. The molecule has 0 saturated carbocycles. The predicted molar refractivity (Wildman–Crippen MR) is 43.3 cm³/mol. The van der Waals surface area contributed by atoms with Crippen molar-refractivity contribution in [3.63, 3.8) is 0 Å². The third-order valence-electron chi connectivity index (χ3n) is 1.49. The molecule has 0 bridgehead atoms. The standard InChI is InChI=1S/C7H11NO3S/c1-6-4-2-3-5-7(6)12(8,9,10)11/h2-5H,1H3,(H4,8,9,10,11)/p-2. The molecule has 0 fully saturated rings. The number of hydrogen-bond acceptors (Lipinski definition) is 3. The van der Waals surface area contributed by atoms with Crippen LogP contribution >= 0.6 is 0 Å². The van der Waals surface area contributed by atoms with E-state index in [1.807, 2.05) is 0 Å². The van der Waals surface area contributed by atoms with Gasteiger partial charge in [0.15, 0.2) is 0 Å². The third kappa shape index (κ3) is 1.89. The van der Waals surface area contributed by atoms with Gasteiger partial charge in [-0.05, 0) is 18.6 Å². The molecule has 68 valence electrons. The zero-order chi connectivity index (χ0) is 9.43. The number of primary sulfonamides is 3. The van der Waals surface area contributed by atoms with Gasteiger partial charge in [-0.25, -0.2) is 0 Å². The number of nitrogens with two attached hydrogens (primary N) is 1. The summed E-state index contributed by atoms with van der Waals surface area (Å²) in [7, 11) is -5.55. The molecule has 0 radical (unpaired) electrons. The molecule has 0 heterocycles. The molecule has 1 rings (SSSR count). The molecule has 0 amide bonds. The van der Waals surface area contributed by atoms with Gasteiger partial charge in [-0.2, -0.15) is 0 Å². The molecule has 1 aromatic carbocycles. The number of hydrogen-bond donors (Lipinski definition) is 1. The third-order valence-corrected chi connectivity index (χ3v) is 2.74. The summed E-state index contributed by atoms with van der Waals surface area (Å²) in [4.78, 5) is -0.352. The molecule has 2 N–H and O–H groups in total. The fourth-order valence-corrected chi connectivity index (χ4v) is 1.94. The van der Waals surface area contributed by atoms with Crippen LogP contribution in [0.3, 0.4) is 0 Å². The van der Waals surface area contributed by atoms with E-state index in [-0.39, 0.29) is 4.90 Å². The lowest BCUT2D eigenvalue weighted by Crippen LogP contribution is -2.42. The van der Waals surface area contributed by atoms with Crippen molar-refractivity contribution in [1.82, 2.24) is 0 Å². The molecule has 4 nitrogen and oxygen atoms in total. The van der Waals surface area contributed by atoms with Gasteiger partial charge in [0.2, 0.25) is 0 Å². The van der Waals surface area contributed by atoms with Crippen molar-refractivity contribution < 1.29 is 13.3 Å². The predicted octanol–water partition coefficient (Wildman–Crippen LogP) is 0.309. The molecular weight excluding hydrogens is 178 g/mol. The van der Waals surface area contributed by atoms with E-state index < -0.39 is 9.81 Å². The molecule has 0 spiro atoms. The highest BCUT2D eigenvalue weighted by Gasteiger charge is 2.08. The first-order valence-corrected chi connectivity index (χ1v) is 5.15. The maximum atomic E-state index is 10.9. The van der Waals surface area contributed by atoms with Gasteiger partial charge in [-0.1, -0.05) is 18.2 Å². The van der Waals surface area contributed by atoms with Crippen molar-refractivity contribution in [1.29, 1.82) is 0 Å². The van der Waals surface area contributed by atoms with E-state index in [2.05, 4.69) is 5.14 Å². The highest BCUT2D eigenvalue weighted by Crippen LogP contribution is 2.24. The summed E-state index contributed by atoms with van der Waals surface area (Å²) in [6, 6.07) is 5.81. The van der Waals surface area contributed by atoms with E-state index in [9.17, 15) is 13.3 Å². The van der Waals surface area contributed by atoms with Crippen molar-refractivity contribution in [3.05, 3.63) is 29.8 Å². The van der Waals surface area contributed by atoms with Crippen LogP contribution in [0.15, 0.2) is 29.2 Å². The smallest absolute Gasteiger partial charge is 0.00773 e. The second-order valence-electron chi connectivity index (χ2n) is 2.63. The zero-order valence-corrected chi connectivity index (χ0v) is 7.34. The SMILES string of the molecule is Cc1ccccc1S(N)(=O)([O-])[O-]. The van der Waals surface area contributed by atoms with Crippen LogP contribution in [-0.2, 0) is 9.81 Å². The summed E-state index contributed by atoms with van der Waals surface area (Å²) < 4.78 is 32.6. The minimum absolute atomic E-state index is 0.352. The summed E-state index contributed by atoms with van der Waals surface area (Å²) in [6.45, 7) is 1.52. The fourth-order valence-electron chi connectivity index (χ4n) is 0.969. The van der Waals surface area contributed by atoms with E-state index in [1.165, 1.54) is 25.1 Å². The first kappa shape index (κ1) is 9.34. The number of aryl methyl sites for hydroxylation is 1. The Hall–Kier alpha value is -0.750. The molecule has 0 atom stereocenters. The van der Waals surface area contributed by atoms with Gasteiger partial charge in [0.05, 0.1) is 0 Å². The van der Waals surface area contributed by atoms with Gasteiger partial charge in [0, 0.05) is 4.90 Å². The summed E-state index contributed by atoms with van der Waals surface area (Å²) in [5.74, 6) is 0. The average Bonchev–Trinajstić information content (AvgIpc) is 1.84. The van der Waals surface area contributed by atoms with E-state index in [4.69, 9.17) is 0 Å². The zero-order valence-electron chi connectivity index (χ0n) is 6.52. The Kier molecular flexibility index (Phi) is 1.84. The highest BCUT2D eigenvalue weighted by atomic mass is 32.3. The monoisotopic (exact) mass is 187 g/mol. The second-order valence-corrected chi connectivity index (χ2v) is 4.79. The Labute approximate surface area is 70.6 Å². The van der Waals surface area contributed by atoms with Gasteiger partial charge < -0.3 is 9.11 Å². The molecular formula is C7H9NO3S-2. The van der Waals surface area contributed by atoms with Crippen molar-refractivity contribution >= 4 is 9.81 Å². The summed E-state index contributed by atoms with van der Waals surface area (Å²) in [6.07, 6.45) is 0. The van der Waals surface area contributed by atoms with E-state index in [1.54, 1.807) is 6.07 Å². The Morgan fingerprint density at radius 1 is 1.33 bits per heavy atom. The molecule has 0 unspecified atom stereocenters. The van der Waals surface area contributed by atoms with Crippen molar-refractivity contribution in [2.45, 2.75) is 11.8 Å². The van der Waals surface area contributed by atoms with Crippen LogP contribution in [-0.4, -0.2) is 13.3 Å². The van der Waals surface area contributed by atoms with E-state index in [0.717, 1.165) is 0 Å².